The smallest absolute Gasteiger partial charge is 0.304 e. The van der Waals surface area contributed by atoms with E-state index in [2.05, 4.69) is 21.2 Å². The minimum absolute atomic E-state index is 0.0856. The standard InChI is InChI=1S/C24H32BrFN4O4S/c1-6-17(2)27-24(32)18(3)29(15-19-8-7-9-20(25)14-19)23(31)16-30(35(33,34)28(4)5)22-12-10-21(26)11-13-22/h7-14,17-18H,6,15-16H2,1-5H3,(H,27,32)/t17-,18+/m1/s1. The summed E-state index contributed by atoms with van der Waals surface area (Å²) in [5, 5.41) is 2.88. The molecule has 0 heterocycles. The van der Waals surface area contributed by atoms with Crippen molar-refractivity contribution < 1.29 is 22.4 Å². The maximum absolute atomic E-state index is 13.6. The van der Waals surface area contributed by atoms with E-state index in [0.29, 0.717) is 0 Å². The van der Waals surface area contributed by atoms with Gasteiger partial charge in [0.05, 0.1) is 5.69 Å². The van der Waals surface area contributed by atoms with Crippen molar-refractivity contribution in [2.45, 2.75) is 45.8 Å². The van der Waals surface area contributed by atoms with Crippen molar-refractivity contribution in [3.63, 3.8) is 0 Å². The maximum atomic E-state index is 13.6. The first-order valence-corrected chi connectivity index (χ1v) is 13.4. The molecule has 0 aromatic heterocycles. The number of hydrogen-bond donors (Lipinski definition) is 1. The zero-order valence-electron chi connectivity index (χ0n) is 20.5. The molecule has 2 rings (SSSR count). The van der Waals surface area contributed by atoms with Gasteiger partial charge in [0.2, 0.25) is 11.8 Å². The van der Waals surface area contributed by atoms with E-state index in [9.17, 15) is 22.4 Å². The number of benzene rings is 2. The maximum Gasteiger partial charge on any atom is 0.304 e. The predicted octanol–water partition coefficient (Wildman–Crippen LogP) is 3.53. The van der Waals surface area contributed by atoms with Crippen LogP contribution in [0.2, 0.25) is 0 Å². The fraction of sp³-hybridized carbons (Fsp3) is 0.417. The summed E-state index contributed by atoms with van der Waals surface area (Å²) >= 11 is 3.41. The van der Waals surface area contributed by atoms with Crippen LogP contribution in [0.5, 0.6) is 0 Å². The van der Waals surface area contributed by atoms with Gasteiger partial charge in [-0.2, -0.15) is 12.7 Å². The fourth-order valence-electron chi connectivity index (χ4n) is 3.20. The molecule has 0 saturated heterocycles. The first-order chi connectivity index (χ1) is 16.4. The molecule has 0 fully saturated rings. The van der Waals surface area contributed by atoms with Gasteiger partial charge in [-0.3, -0.25) is 9.59 Å². The monoisotopic (exact) mass is 570 g/mol. The minimum atomic E-state index is -4.09. The number of carbonyl (C=O) groups is 2. The highest BCUT2D eigenvalue weighted by atomic mass is 79.9. The predicted molar refractivity (Wildman–Crippen MR) is 138 cm³/mol. The Morgan fingerprint density at radius 3 is 2.26 bits per heavy atom. The van der Waals surface area contributed by atoms with Crippen molar-refractivity contribution in [3.8, 4) is 0 Å². The molecule has 2 amide bonds. The van der Waals surface area contributed by atoms with Gasteiger partial charge in [-0.25, -0.2) is 8.70 Å². The normalized spacial score (nSPS) is 13.3. The molecule has 0 unspecified atom stereocenters. The Kier molecular flexibility index (Phi) is 10.2. The second-order valence-electron chi connectivity index (χ2n) is 8.42. The van der Waals surface area contributed by atoms with E-state index in [0.717, 1.165) is 37.2 Å². The summed E-state index contributed by atoms with van der Waals surface area (Å²) in [7, 11) is -1.40. The highest BCUT2D eigenvalue weighted by molar-refractivity contribution is 9.10. The second-order valence-corrected chi connectivity index (χ2v) is 11.4. The lowest BCUT2D eigenvalue weighted by atomic mass is 10.1. The van der Waals surface area contributed by atoms with Gasteiger partial charge in [-0.05, 0) is 62.2 Å². The Bertz CT molecular complexity index is 1130. The number of amides is 2. The van der Waals surface area contributed by atoms with Crippen LogP contribution in [0.15, 0.2) is 53.0 Å². The molecular weight excluding hydrogens is 539 g/mol. The summed E-state index contributed by atoms with van der Waals surface area (Å²) in [5.41, 5.74) is 0.896. The van der Waals surface area contributed by atoms with Crippen LogP contribution in [0.1, 0.15) is 32.8 Å². The van der Waals surface area contributed by atoms with Crippen molar-refractivity contribution in [1.29, 1.82) is 0 Å². The topological polar surface area (TPSA) is 90.0 Å². The average molecular weight is 572 g/mol. The van der Waals surface area contributed by atoms with E-state index in [1.165, 1.54) is 31.1 Å². The van der Waals surface area contributed by atoms with Crippen LogP contribution >= 0.6 is 15.9 Å². The van der Waals surface area contributed by atoms with Crippen molar-refractivity contribution in [3.05, 3.63) is 64.4 Å². The zero-order valence-corrected chi connectivity index (χ0v) is 22.9. The van der Waals surface area contributed by atoms with Crippen molar-refractivity contribution >= 4 is 43.6 Å². The summed E-state index contributed by atoms with van der Waals surface area (Å²) in [4.78, 5) is 27.9. The van der Waals surface area contributed by atoms with E-state index in [1.54, 1.807) is 6.92 Å². The highest BCUT2D eigenvalue weighted by Gasteiger charge is 2.32. The second kappa shape index (κ2) is 12.5. The summed E-state index contributed by atoms with van der Waals surface area (Å²) in [5.74, 6) is -1.45. The molecule has 192 valence electrons. The molecule has 2 aromatic carbocycles. The van der Waals surface area contributed by atoms with E-state index >= 15 is 0 Å². The SMILES string of the molecule is CC[C@@H](C)NC(=O)[C@H](C)N(Cc1cccc(Br)c1)C(=O)CN(c1ccc(F)cc1)S(=O)(=O)N(C)C. The summed E-state index contributed by atoms with van der Waals surface area (Å²) in [6, 6.07) is 11.2. The van der Waals surface area contributed by atoms with Gasteiger partial charge in [0.15, 0.2) is 0 Å². The number of hydrogen-bond acceptors (Lipinski definition) is 4. The third kappa shape index (κ3) is 7.74. The number of rotatable bonds is 11. The Balaban J connectivity index is 2.44. The fourth-order valence-corrected chi connectivity index (χ4v) is 4.71. The van der Waals surface area contributed by atoms with Crippen LogP contribution in [-0.4, -0.2) is 62.2 Å². The van der Waals surface area contributed by atoms with Crippen LogP contribution < -0.4 is 9.62 Å². The Morgan fingerprint density at radius 2 is 1.71 bits per heavy atom. The Labute approximate surface area is 215 Å². The Hall–Kier alpha value is -2.50. The van der Waals surface area contributed by atoms with Crippen molar-refractivity contribution in [2.24, 2.45) is 0 Å². The minimum Gasteiger partial charge on any atom is -0.352 e. The van der Waals surface area contributed by atoms with E-state index in [-0.39, 0.29) is 24.2 Å². The first-order valence-electron chi connectivity index (χ1n) is 11.2. The lowest BCUT2D eigenvalue weighted by molar-refractivity contribution is -0.139. The van der Waals surface area contributed by atoms with Gasteiger partial charge < -0.3 is 10.2 Å². The van der Waals surface area contributed by atoms with Gasteiger partial charge in [0, 0.05) is 31.2 Å². The summed E-state index contributed by atoms with van der Waals surface area (Å²) < 4.78 is 42.3. The number of nitrogens with zero attached hydrogens (tertiary/aromatic N) is 3. The van der Waals surface area contributed by atoms with Crippen LogP contribution in [0.25, 0.3) is 0 Å². The molecule has 2 aromatic rings. The van der Waals surface area contributed by atoms with Crippen molar-refractivity contribution in [1.82, 2.24) is 14.5 Å². The third-order valence-electron chi connectivity index (χ3n) is 5.54. The Morgan fingerprint density at radius 1 is 1.09 bits per heavy atom. The van der Waals surface area contributed by atoms with Crippen LogP contribution in [0, 0.1) is 5.82 Å². The van der Waals surface area contributed by atoms with Crippen molar-refractivity contribution in [2.75, 3.05) is 24.9 Å². The van der Waals surface area contributed by atoms with Gasteiger partial charge in [0.25, 0.3) is 0 Å². The van der Waals surface area contributed by atoms with Gasteiger partial charge in [0.1, 0.15) is 18.4 Å². The molecule has 0 aliphatic rings. The van der Waals surface area contributed by atoms with E-state index < -0.39 is 34.5 Å². The molecule has 11 heteroatoms. The first kappa shape index (κ1) is 28.7. The number of carbonyl (C=O) groups excluding carboxylic acids is 2. The van der Waals surface area contributed by atoms with Gasteiger partial charge >= 0.3 is 10.2 Å². The molecule has 8 nitrogen and oxygen atoms in total. The lowest BCUT2D eigenvalue weighted by Crippen LogP contribution is -2.53. The third-order valence-corrected chi connectivity index (χ3v) is 7.86. The molecule has 0 saturated carbocycles. The molecule has 0 spiro atoms. The molecule has 0 radical (unpaired) electrons. The summed E-state index contributed by atoms with van der Waals surface area (Å²) in [6.45, 7) is 4.93. The molecule has 1 N–H and O–H groups in total. The van der Waals surface area contributed by atoms with Gasteiger partial charge in [-0.15, -0.1) is 0 Å². The number of anilines is 1. The molecule has 0 aliphatic heterocycles. The van der Waals surface area contributed by atoms with Crippen LogP contribution in [0.3, 0.4) is 0 Å². The highest BCUT2D eigenvalue weighted by Crippen LogP contribution is 2.22. The largest absolute Gasteiger partial charge is 0.352 e. The molecule has 2 atom stereocenters. The van der Waals surface area contributed by atoms with E-state index in [4.69, 9.17) is 0 Å². The molecule has 0 bridgehead atoms. The summed E-state index contributed by atoms with van der Waals surface area (Å²) in [6.07, 6.45) is 0.720. The zero-order chi connectivity index (χ0) is 26.3. The number of halogens is 2. The molecule has 35 heavy (non-hydrogen) atoms. The van der Waals surface area contributed by atoms with Crippen LogP contribution in [0.4, 0.5) is 10.1 Å². The lowest BCUT2D eigenvalue weighted by Gasteiger charge is -2.33. The number of nitrogens with one attached hydrogen (secondary N) is 1. The quantitative estimate of drug-likeness (QED) is 0.447. The molecule has 0 aliphatic carbocycles. The van der Waals surface area contributed by atoms with Gasteiger partial charge in [-0.1, -0.05) is 35.0 Å². The van der Waals surface area contributed by atoms with Crippen LogP contribution in [-0.2, 0) is 26.3 Å². The van der Waals surface area contributed by atoms with E-state index in [1.807, 2.05) is 38.1 Å². The molecular formula is C24H32BrFN4O4S. The average Bonchev–Trinajstić information content (AvgIpc) is 2.80.